The molecule has 0 aromatic rings. The van der Waals surface area contributed by atoms with E-state index < -0.39 is 6.10 Å². The van der Waals surface area contributed by atoms with Crippen LogP contribution >= 0.6 is 0 Å². The highest BCUT2D eigenvalue weighted by molar-refractivity contribution is 5.71. The zero-order valence-corrected chi connectivity index (χ0v) is 53.2. The second-order valence-electron chi connectivity index (χ2n) is 23.8. The molecule has 0 aromatic heterocycles. The second kappa shape index (κ2) is 67.9. The maximum atomic E-state index is 13.0. The maximum Gasteiger partial charge on any atom is 0.306 e. The van der Waals surface area contributed by atoms with Crippen LogP contribution in [0.3, 0.4) is 0 Å². The van der Waals surface area contributed by atoms with Crippen LogP contribution < -0.4 is 0 Å². The Morgan fingerprint density at radius 2 is 0.494 bits per heavy atom. The average Bonchev–Trinajstić information content (AvgIpc) is 3.45. The quantitative estimate of drug-likeness (QED) is 0.0261. The molecule has 0 aromatic carbocycles. The number of carbonyl (C=O) groups excluding carboxylic acids is 3. The topological polar surface area (TPSA) is 78.9 Å². The van der Waals surface area contributed by atoms with Crippen molar-refractivity contribution in [2.24, 2.45) is 0 Å². The van der Waals surface area contributed by atoms with Crippen LogP contribution in [0.1, 0.15) is 380 Å². The van der Waals surface area contributed by atoms with E-state index in [1.165, 1.54) is 250 Å². The number of rotatable bonds is 65. The number of esters is 3. The van der Waals surface area contributed by atoms with Crippen molar-refractivity contribution in [2.45, 2.75) is 386 Å². The summed E-state index contributed by atoms with van der Waals surface area (Å²) in [5, 5.41) is 0. The summed E-state index contributed by atoms with van der Waals surface area (Å²) in [6, 6.07) is 0. The number of hydrogen-bond donors (Lipinski definition) is 0. The molecule has 0 radical (unpaired) electrons. The molecule has 79 heavy (non-hydrogen) atoms. The Morgan fingerprint density at radius 3 is 0.772 bits per heavy atom. The molecule has 0 aliphatic rings. The molecular weight excluding hydrogens is 973 g/mol. The van der Waals surface area contributed by atoms with Gasteiger partial charge in [-0.05, 0) is 57.8 Å². The predicted molar refractivity (Wildman–Crippen MR) is 344 cm³/mol. The summed E-state index contributed by atoms with van der Waals surface area (Å²) >= 11 is 0. The van der Waals surface area contributed by atoms with Crippen molar-refractivity contribution in [1.29, 1.82) is 0 Å². The van der Waals surface area contributed by atoms with Crippen molar-refractivity contribution in [3.8, 4) is 0 Å². The molecule has 1 atom stereocenters. The van der Waals surface area contributed by atoms with Crippen LogP contribution in [0.15, 0.2) is 48.6 Å². The number of allylic oxidation sites excluding steroid dienone is 8. The Balaban J connectivity index is 4.31. The fourth-order valence-corrected chi connectivity index (χ4v) is 10.6. The lowest BCUT2D eigenvalue weighted by Gasteiger charge is -2.18. The summed E-state index contributed by atoms with van der Waals surface area (Å²) in [5.41, 5.74) is 0. The van der Waals surface area contributed by atoms with Crippen LogP contribution in [-0.4, -0.2) is 37.2 Å². The average molecular weight is 1110 g/mol. The minimum absolute atomic E-state index is 0.0708. The van der Waals surface area contributed by atoms with E-state index in [9.17, 15) is 14.4 Å². The summed E-state index contributed by atoms with van der Waals surface area (Å²) in [4.78, 5) is 38.5. The van der Waals surface area contributed by atoms with Crippen molar-refractivity contribution < 1.29 is 28.6 Å². The SMILES string of the molecule is CC/C=C\C/C=C\C/C=C\C/C=C\CCCCCCCCCCC(=O)OC(COC(=O)CCCCCCCCCCCCCCCCCCC)COC(=O)CCCCCCCCCCCCCCCCCCCCCCCCC. The van der Waals surface area contributed by atoms with Gasteiger partial charge >= 0.3 is 17.9 Å². The van der Waals surface area contributed by atoms with Crippen molar-refractivity contribution in [2.75, 3.05) is 13.2 Å². The van der Waals surface area contributed by atoms with Crippen LogP contribution in [0.25, 0.3) is 0 Å². The molecule has 0 bridgehead atoms. The van der Waals surface area contributed by atoms with Gasteiger partial charge in [-0.3, -0.25) is 14.4 Å². The van der Waals surface area contributed by atoms with E-state index in [2.05, 4.69) is 69.4 Å². The van der Waals surface area contributed by atoms with E-state index in [-0.39, 0.29) is 31.1 Å². The number of hydrogen-bond acceptors (Lipinski definition) is 6. The molecule has 462 valence electrons. The van der Waals surface area contributed by atoms with Gasteiger partial charge in [0.1, 0.15) is 13.2 Å². The molecule has 1 unspecified atom stereocenters. The summed E-state index contributed by atoms with van der Waals surface area (Å²) in [6.45, 7) is 6.60. The first kappa shape index (κ1) is 76.4. The fraction of sp³-hybridized carbons (Fsp3) is 0.849. The third-order valence-corrected chi connectivity index (χ3v) is 15.8. The van der Waals surface area contributed by atoms with Gasteiger partial charge in [0.2, 0.25) is 0 Å². The minimum atomic E-state index is -0.776. The summed E-state index contributed by atoms with van der Waals surface area (Å²) in [7, 11) is 0. The van der Waals surface area contributed by atoms with Crippen LogP contribution in [0, 0.1) is 0 Å². The molecule has 0 N–H and O–H groups in total. The molecule has 6 nitrogen and oxygen atoms in total. The van der Waals surface area contributed by atoms with Gasteiger partial charge in [-0.2, -0.15) is 0 Å². The number of ether oxygens (including phenoxy) is 3. The first-order valence-corrected chi connectivity index (χ1v) is 35.1. The van der Waals surface area contributed by atoms with Gasteiger partial charge in [-0.15, -0.1) is 0 Å². The van der Waals surface area contributed by atoms with Crippen LogP contribution in [0.5, 0.6) is 0 Å². The normalized spacial score (nSPS) is 12.3. The van der Waals surface area contributed by atoms with Crippen LogP contribution in [0.2, 0.25) is 0 Å². The first-order chi connectivity index (χ1) is 39.0. The van der Waals surface area contributed by atoms with Gasteiger partial charge in [-0.25, -0.2) is 0 Å². The molecule has 0 fully saturated rings. The second-order valence-corrected chi connectivity index (χ2v) is 23.8. The van der Waals surface area contributed by atoms with Gasteiger partial charge in [0, 0.05) is 19.3 Å². The third kappa shape index (κ3) is 66.1. The van der Waals surface area contributed by atoms with Crippen molar-refractivity contribution in [1.82, 2.24) is 0 Å². The smallest absolute Gasteiger partial charge is 0.306 e. The van der Waals surface area contributed by atoms with Crippen molar-refractivity contribution in [3.05, 3.63) is 48.6 Å². The van der Waals surface area contributed by atoms with Gasteiger partial charge in [0.15, 0.2) is 6.10 Å². The molecule has 0 aliphatic heterocycles. The van der Waals surface area contributed by atoms with E-state index in [4.69, 9.17) is 14.2 Å². The van der Waals surface area contributed by atoms with E-state index in [1.807, 2.05) is 0 Å². The summed E-state index contributed by atoms with van der Waals surface area (Å²) in [5.74, 6) is -0.849. The molecule has 0 aliphatic carbocycles. The Kier molecular flexibility index (Phi) is 65.6. The van der Waals surface area contributed by atoms with Gasteiger partial charge < -0.3 is 14.2 Å². The number of carbonyl (C=O) groups is 3. The van der Waals surface area contributed by atoms with Gasteiger partial charge in [-0.1, -0.05) is 352 Å². The molecular formula is C73H134O6. The molecule has 6 heteroatoms. The third-order valence-electron chi connectivity index (χ3n) is 15.8. The Labute approximate surface area is 492 Å². The fourth-order valence-electron chi connectivity index (χ4n) is 10.6. The zero-order chi connectivity index (χ0) is 57.1. The minimum Gasteiger partial charge on any atom is -0.462 e. The van der Waals surface area contributed by atoms with Crippen molar-refractivity contribution in [3.63, 3.8) is 0 Å². The molecule has 0 amide bonds. The van der Waals surface area contributed by atoms with Gasteiger partial charge in [0.05, 0.1) is 0 Å². The standard InChI is InChI=1S/C73H134O6/c1-4-7-10-13-16-19-22-25-28-31-33-35-36-38-39-42-45-48-51-54-57-60-63-66-72(75)78-69-70(68-77-71(74)65-62-59-56-53-50-47-44-41-30-27-24-21-18-15-12-9-6-3)79-73(76)67-64-61-58-55-52-49-46-43-40-37-34-32-29-26-23-20-17-14-11-8-5-2/h8,11,17,20,26,29,34,37,70H,4-7,9-10,12-16,18-19,21-25,27-28,30-33,35-36,38-69H2,1-3H3/b11-8-,20-17-,29-26-,37-34-. The first-order valence-electron chi connectivity index (χ1n) is 35.1. The molecule has 0 saturated carbocycles. The maximum absolute atomic E-state index is 13.0. The molecule has 0 saturated heterocycles. The summed E-state index contributed by atoms with van der Waals surface area (Å²) < 4.78 is 17.0. The highest BCUT2D eigenvalue weighted by Gasteiger charge is 2.19. The Bertz CT molecular complexity index is 1360. The van der Waals surface area contributed by atoms with Crippen LogP contribution in [-0.2, 0) is 28.6 Å². The van der Waals surface area contributed by atoms with Crippen LogP contribution in [0.4, 0.5) is 0 Å². The lowest BCUT2D eigenvalue weighted by Crippen LogP contribution is -2.30. The lowest BCUT2D eigenvalue weighted by atomic mass is 10.0. The number of unbranched alkanes of at least 4 members (excludes halogenated alkanes) is 46. The van der Waals surface area contributed by atoms with E-state index in [0.29, 0.717) is 19.3 Å². The Hall–Kier alpha value is -2.63. The van der Waals surface area contributed by atoms with E-state index in [0.717, 1.165) is 89.9 Å². The lowest BCUT2D eigenvalue weighted by molar-refractivity contribution is -0.167. The van der Waals surface area contributed by atoms with Gasteiger partial charge in [0.25, 0.3) is 0 Å². The summed E-state index contributed by atoms with van der Waals surface area (Å²) in [6.07, 6.45) is 85.6. The zero-order valence-electron chi connectivity index (χ0n) is 53.2. The monoisotopic (exact) mass is 1110 g/mol. The van der Waals surface area contributed by atoms with E-state index in [1.54, 1.807) is 0 Å². The highest BCUT2D eigenvalue weighted by Crippen LogP contribution is 2.19. The molecule has 0 rings (SSSR count). The highest BCUT2D eigenvalue weighted by atomic mass is 16.6. The Morgan fingerprint density at radius 1 is 0.266 bits per heavy atom. The largest absolute Gasteiger partial charge is 0.462 e. The van der Waals surface area contributed by atoms with Crippen molar-refractivity contribution >= 4 is 17.9 Å². The molecule has 0 spiro atoms. The van der Waals surface area contributed by atoms with E-state index >= 15 is 0 Å². The molecule has 0 heterocycles. The predicted octanol–water partition coefficient (Wildman–Crippen LogP) is 24.1.